The molecule has 20 heavy (non-hydrogen) atoms. The lowest BCUT2D eigenvalue weighted by Crippen LogP contribution is -2.56. The molecular formula is C13H15F2N3O2. The van der Waals surface area contributed by atoms with Crippen molar-refractivity contribution in [1.29, 1.82) is 0 Å². The highest BCUT2D eigenvalue weighted by atomic mass is 19.1. The number of rotatable bonds is 2. The molecule has 3 N–H and O–H groups in total. The van der Waals surface area contributed by atoms with Crippen LogP contribution in [0.2, 0.25) is 0 Å². The second-order valence-electron chi connectivity index (χ2n) is 4.57. The Labute approximate surface area is 114 Å². The second-order valence-corrected chi connectivity index (χ2v) is 4.57. The first-order chi connectivity index (χ1) is 9.45. The fraction of sp³-hybridized carbons (Fsp3) is 0.385. The molecule has 0 saturated carbocycles. The van der Waals surface area contributed by atoms with E-state index in [1.54, 1.807) is 6.92 Å². The number of hydrogen-bond acceptors (Lipinski definition) is 3. The van der Waals surface area contributed by atoms with E-state index in [0.29, 0.717) is 19.5 Å². The predicted octanol–water partition coefficient (Wildman–Crippen LogP) is 0.898. The summed E-state index contributed by atoms with van der Waals surface area (Å²) in [5.41, 5.74) is 4.39. The van der Waals surface area contributed by atoms with Crippen molar-refractivity contribution < 1.29 is 18.4 Å². The van der Waals surface area contributed by atoms with Gasteiger partial charge < -0.3 is 16.0 Å². The van der Waals surface area contributed by atoms with Gasteiger partial charge in [-0.15, -0.1) is 0 Å². The van der Waals surface area contributed by atoms with Crippen LogP contribution >= 0.6 is 0 Å². The molecule has 1 aliphatic heterocycles. The number of nitrogens with one attached hydrogen (secondary N) is 1. The number of hydrogen-bond donors (Lipinski definition) is 2. The van der Waals surface area contributed by atoms with Crippen LogP contribution < -0.4 is 11.1 Å². The van der Waals surface area contributed by atoms with Crippen LogP contribution in [0.1, 0.15) is 23.7 Å². The summed E-state index contributed by atoms with van der Waals surface area (Å²) in [7, 11) is 0. The van der Waals surface area contributed by atoms with Crippen LogP contribution in [0.15, 0.2) is 12.1 Å². The van der Waals surface area contributed by atoms with Crippen molar-refractivity contribution >= 4 is 17.5 Å². The summed E-state index contributed by atoms with van der Waals surface area (Å²) in [6, 6.07) is 1.15. The molecule has 0 aromatic heterocycles. The van der Waals surface area contributed by atoms with E-state index >= 15 is 0 Å². The number of carbonyl (C=O) groups excluding carboxylic acids is 2. The third-order valence-corrected chi connectivity index (χ3v) is 3.30. The molecule has 5 nitrogen and oxygen atoms in total. The first kappa shape index (κ1) is 14.2. The molecule has 1 unspecified atom stereocenters. The maximum Gasteiger partial charge on any atom is 0.254 e. The highest BCUT2D eigenvalue weighted by molar-refractivity contribution is 5.98. The van der Waals surface area contributed by atoms with E-state index in [4.69, 9.17) is 5.73 Å². The van der Waals surface area contributed by atoms with Gasteiger partial charge in [0.1, 0.15) is 23.4 Å². The van der Waals surface area contributed by atoms with Crippen molar-refractivity contribution in [3.63, 3.8) is 0 Å². The monoisotopic (exact) mass is 283 g/mol. The lowest BCUT2D eigenvalue weighted by atomic mass is 10.1. The van der Waals surface area contributed by atoms with Gasteiger partial charge in [0.25, 0.3) is 5.91 Å². The van der Waals surface area contributed by atoms with Gasteiger partial charge in [0, 0.05) is 18.7 Å². The Balaban J connectivity index is 2.33. The Kier molecular flexibility index (Phi) is 3.87. The fourth-order valence-corrected chi connectivity index (χ4v) is 2.24. The van der Waals surface area contributed by atoms with E-state index in [2.05, 4.69) is 5.32 Å². The Morgan fingerprint density at radius 3 is 2.60 bits per heavy atom. The van der Waals surface area contributed by atoms with Crippen LogP contribution in [0.5, 0.6) is 0 Å². The van der Waals surface area contributed by atoms with Crippen LogP contribution in [-0.4, -0.2) is 35.8 Å². The molecule has 1 aromatic carbocycles. The normalized spacial score (nSPS) is 18.9. The number of carbonyl (C=O) groups is 2. The molecule has 2 rings (SSSR count). The Hall–Kier alpha value is -2.18. The number of piperazine rings is 1. The number of amides is 2. The molecule has 1 aliphatic rings. The molecule has 0 bridgehead atoms. The van der Waals surface area contributed by atoms with Crippen molar-refractivity contribution in [1.82, 2.24) is 10.2 Å². The zero-order chi connectivity index (χ0) is 14.9. The lowest BCUT2D eigenvalue weighted by molar-refractivity contribution is -0.127. The molecule has 1 fully saturated rings. The summed E-state index contributed by atoms with van der Waals surface area (Å²) in [5, 5.41) is 2.65. The number of nitrogens with two attached hydrogens (primary N) is 1. The maximum absolute atomic E-state index is 13.4. The lowest BCUT2D eigenvalue weighted by Gasteiger charge is -2.34. The molecular weight excluding hydrogens is 268 g/mol. The summed E-state index contributed by atoms with van der Waals surface area (Å²) in [5.74, 6) is -2.81. The molecule has 1 heterocycles. The molecule has 0 aliphatic carbocycles. The van der Waals surface area contributed by atoms with Crippen molar-refractivity contribution in [3.05, 3.63) is 29.3 Å². The standard InChI is InChI=1S/C13H15F2N3O2/c1-2-10-12(19)17-3-4-18(10)13(20)7-5-8(14)11(16)9(15)6-7/h5-6,10H,2-4,16H2,1H3,(H,17,19). The first-order valence-electron chi connectivity index (χ1n) is 6.29. The molecule has 1 atom stereocenters. The largest absolute Gasteiger partial charge is 0.394 e. The number of nitrogen functional groups attached to an aromatic ring is 1. The van der Waals surface area contributed by atoms with Gasteiger partial charge in [-0.05, 0) is 18.6 Å². The minimum atomic E-state index is -0.983. The van der Waals surface area contributed by atoms with Gasteiger partial charge in [-0.2, -0.15) is 0 Å². The highest BCUT2D eigenvalue weighted by Gasteiger charge is 2.32. The van der Waals surface area contributed by atoms with E-state index in [0.717, 1.165) is 12.1 Å². The quantitative estimate of drug-likeness (QED) is 0.792. The summed E-state index contributed by atoms with van der Waals surface area (Å²) < 4.78 is 26.8. The van der Waals surface area contributed by atoms with Gasteiger partial charge in [-0.3, -0.25) is 9.59 Å². The minimum absolute atomic E-state index is 0.151. The summed E-state index contributed by atoms with van der Waals surface area (Å²) >= 11 is 0. The molecule has 108 valence electrons. The van der Waals surface area contributed by atoms with E-state index in [1.165, 1.54) is 4.90 Å². The van der Waals surface area contributed by atoms with Gasteiger partial charge in [0.05, 0.1) is 0 Å². The Bertz CT molecular complexity index is 540. The topological polar surface area (TPSA) is 75.4 Å². The highest BCUT2D eigenvalue weighted by Crippen LogP contribution is 2.20. The van der Waals surface area contributed by atoms with Gasteiger partial charge in [-0.1, -0.05) is 6.92 Å². The number of halogens is 2. The smallest absolute Gasteiger partial charge is 0.254 e. The molecule has 2 amide bonds. The molecule has 7 heteroatoms. The number of anilines is 1. The van der Waals surface area contributed by atoms with Crippen molar-refractivity contribution in [2.24, 2.45) is 0 Å². The van der Waals surface area contributed by atoms with Gasteiger partial charge in [0.2, 0.25) is 5.91 Å². The van der Waals surface area contributed by atoms with Crippen molar-refractivity contribution in [2.75, 3.05) is 18.8 Å². The van der Waals surface area contributed by atoms with Crippen LogP contribution in [0.3, 0.4) is 0 Å². The van der Waals surface area contributed by atoms with E-state index in [-0.39, 0.29) is 11.5 Å². The zero-order valence-electron chi connectivity index (χ0n) is 11.0. The third kappa shape index (κ3) is 2.43. The van der Waals surface area contributed by atoms with Crippen molar-refractivity contribution in [2.45, 2.75) is 19.4 Å². The van der Waals surface area contributed by atoms with Crippen LogP contribution in [0, 0.1) is 11.6 Å². The van der Waals surface area contributed by atoms with Crippen LogP contribution in [0.25, 0.3) is 0 Å². The molecule has 0 radical (unpaired) electrons. The van der Waals surface area contributed by atoms with Gasteiger partial charge in [0.15, 0.2) is 0 Å². The van der Waals surface area contributed by atoms with Gasteiger partial charge >= 0.3 is 0 Å². The average molecular weight is 283 g/mol. The first-order valence-corrected chi connectivity index (χ1v) is 6.29. The number of benzene rings is 1. The molecule has 0 spiro atoms. The van der Waals surface area contributed by atoms with Crippen molar-refractivity contribution in [3.8, 4) is 0 Å². The molecule has 1 saturated heterocycles. The summed E-state index contributed by atoms with van der Waals surface area (Å²) in [6.07, 6.45) is 0.428. The fourth-order valence-electron chi connectivity index (χ4n) is 2.24. The number of nitrogens with zero attached hydrogens (tertiary/aromatic N) is 1. The Morgan fingerprint density at radius 1 is 1.45 bits per heavy atom. The summed E-state index contributed by atoms with van der Waals surface area (Å²) in [6.45, 7) is 2.39. The predicted molar refractivity (Wildman–Crippen MR) is 68.9 cm³/mol. The second kappa shape index (κ2) is 5.44. The van der Waals surface area contributed by atoms with E-state index in [9.17, 15) is 18.4 Å². The third-order valence-electron chi connectivity index (χ3n) is 3.30. The van der Waals surface area contributed by atoms with Crippen LogP contribution in [-0.2, 0) is 4.79 Å². The minimum Gasteiger partial charge on any atom is -0.394 e. The van der Waals surface area contributed by atoms with E-state index in [1.807, 2.05) is 0 Å². The SMILES string of the molecule is CCC1C(=O)NCCN1C(=O)c1cc(F)c(N)c(F)c1. The van der Waals surface area contributed by atoms with Gasteiger partial charge in [-0.25, -0.2) is 8.78 Å². The zero-order valence-corrected chi connectivity index (χ0v) is 11.0. The summed E-state index contributed by atoms with van der Waals surface area (Å²) in [4.78, 5) is 25.3. The molecule has 1 aromatic rings. The Morgan fingerprint density at radius 2 is 2.05 bits per heavy atom. The average Bonchev–Trinajstić information content (AvgIpc) is 2.43. The maximum atomic E-state index is 13.4. The van der Waals surface area contributed by atoms with Crippen LogP contribution in [0.4, 0.5) is 14.5 Å². The van der Waals surface area contributed by atoms with E-state index < -0.39 is 29.3 Å².